The standard InChI is InChI=1S/C32H35ClN2O5/c1-7-34(8-2)22-13-11-21(12-14-22)29-28(30(36)24-17-27(40-6)25(33)18-26(24)39-5)31(37)32(38)35(29)23-15-9-20(10-16-23)19(3)4/h9-19,29,36H,7-8H2,1-6H3/b30-28+. The van der Waals surface area contributed by atoms with E-state index in [9.17, 15) is 14.7 Å². The van der Waals surface area contributed by atoms with Gasteiger partial charge < -0.3 is 19.5 Å². The summed E-state index contributed by atoms with van der Waals surface area (Å²) >= 11 is 6.29. The second kappa shape index (κ2) is 12.0. The normalized spacial score (nSPS) is 16.5. The number of aliphatic hydroxyl groups is 1. The summed E-state index contributed by atoms with van der Waals surface area (Å²) in [4.78, 5) is 30.9. The van der Waals surface area contributed by atoms with Crippen molar-refractivity contribution in [2.24, 2.45) is 0 Å². The molecule has 4 rings (SSSR count). The molecular weight excluding hydrogens is 528 g/mol. The van der Waals surface area contributed by atoms with Crippen LogP contribution in [0, 0.1) is 0 Å². The van der Waals surface area contributed by atoms with Crippen molar-refractivity contribution >= 4 is 40.4 Å². The number of methoxy groups -OCH3 is 2. The van der Waals surface area contributed by atoms with E-state index in [0.717, 1.165) is 24.3 Å². The highest BCUT2D eigenvalue weighted by atomic mass is 35.5. The van der Waals surface area contributed by atoms with Crippen LogP contribution in [-0.2, 0) is 9.59 Å². The Morgan fingerprint density at radius 2 is 1.55 bits per heavy atom. The van der Waals surface area contributed by atoms with E-state index >= 15 is 0 Å². The average Bonchev–Trinajstić information content (AvgIpc) is 3.23. The molecule has 40 heavy (non-hydrogen) atoms. The van der Waals surface area contributed by atoms with Crippen LogP contribution in [0.1, 0.15) is 56.3 Å². The Bertz CT molecular complexity index is 1430. The molecular formula is C32H35ClN2O5. The Balaban J connectivity index is 1.95. The second-order valence-corrected chi connectivity index (χ2v) is 10.3. The van der Waals surface area contributed by atoms with Crippen molar-refractivity contribution in [1.29, 1.82) is 0 Å². The van der Waals surface area contributed by atoms with Crippen molar-refractivity contribution in [3.05, 3.63) is 87.9 Å². The van der Waals surface area contributed by atoms with Crippen LogP contribution >= 0.6 is 11.6 Å². The van der Waals surface area contributed by atoms with Crippen LogP contribution in [0.5, 0.6) is 11.5 Å². The van der Waals surface area contributed by atoms with Gasteiger partial charge >= 0.3 is 0 Å². The summed E-state index contributed by atoms with van der Waals surface area (Å²) in [5, 5.41) is 11.9. The molecule has 0 bridgehead atoms. The zero-order valence-corrected chi connectivity index (χ0v) is 24.5. The van der Waals surface area contributed by atoms with Gasteiger partial charge in [-0.05, 0) is 61.2 Å². The molecule has 0 radical (unpaired) electrons. The number of hydrogen-bond acceptors (Lipinski definition) is 6. The van der Waals surface area contributed by atoms with Crippen molar-refractivity contribution in [2.45, 2.75) is 39.7 Å². The molecule has 210 valence electrons. The third-order valence-electron chi connectivity index (χ3n) is 7.35. The lowest BCUT2D eigenvalue weighted by Gasteiger charge is -2.27. The molecule has 7 nitrogen and oxygen atoms in total. The van der Waals surface area contributed by atoms with Crippen molar-refractivity contribution in [3.63, 3.8) is 0 Å². The number of anilines is 2. The van der Waals surface area contributed by atoms with Crippen LogP contribution in [0.3, 0.4) is 0 Å². The molecule has 1 atom stereocenters. The lowest BCUT2D eigenvalue weighted by molar-refractivity contribution is -0.132. The van der Waals surface area contributed by atoms with Gasteiger partial charge in [-0.25, -0.2) is 0 Å². The minimum atomic E-state index is -0.873. The zero-order valence-electron chi connectivity index (χ0n) is 23.7. The molecule has 1 aliphatic rings. The summed E-state index contributed by atoms with van der Waals surface area (Å²) in [5.74, 6) is -1.05. The van der Waals surface area contributed by atoms with E-state index in [1.807, 2.05) is 48.5 Å². The number of ether oxygens (including phenoxy) is 2. The Labute approximate surface area is 240 Å². The van der Waals surface area contributed by atoms with E-state index in [1.54, 1.807) is 0 Å². The Kier molecular flexibility index (Phi) is 8.74. The maximum Gasteiger partial charge on any atom is 0.300 e. The number of hydrogen-bond donors (Lipinski definition) is 1. The summed E-state index contributed by atoms with van der Waals surface area (Å²) in [5.41, 5.74) is 3.53. The van der Waals surface area contributed by atoms with Gasteiger partial charge in [-0.3, -0.25) is 14.5 Å². The van der Waals surface area contributed by atoms with Crippen LogP contribution < -0.4 is 19.3 Å². The van der Waals surface area contributed by atoms with Gasteiger partial charge in [0.1, 0.15) is 17.3 Å². The second-order valence-electron chi connectivity index (χ2n) is 9.87. The maximum absolute atomic E-state index is 13.6. The molecule has 1 unspecified atom stereocenters. The fourth-order valence-electron chi connectivity index (χ4n) is 5.08. The minimum absolute atomic E-state index is 0.0452. The van der Waals surface area contributed by atoms with E-state index in [2.05, 4.69) is 32.6 Å². The lowest BCUT2D eigenvalue weighted by atomic mass is 9.94. The number of aliphatic hydroxyl groups excluding tert-OH is 1. The van der Waals surface area contributed by atoms with E-state index in [0.29, 0.717) is 22.9 Å². The van der Waals surface area contributed by atoms with Gasteiger partial charge in [0.2, 0.25) is 0 Å². The molecule has 1 aliphatic heterocycles. The highest BCUT2D eigenvalue weighted by Gasteiger charge is 2.47. The molecule has 0 aliphatic carbocycles. The molecule has 1 saturated heterocycles. The van der Waals surface area contributed by atoms with Gasteiger partial charge in [-0.1, -0.05) is 49.7 Å². The van der Waals surface area contributed by atoms with Crippen molar-refractivity contribution < 1.29 is 24.2 Å². The Hall–Kier alpha value is -3.97. The lowest BCUT2D eigenvalue weighted by Crippen LogP contribution is -2.29. The van der Waals surface area contributed by atoms with Gasteiger partial charge in [0.25, 0.3) is 11.7 Å². The highest BCUT2D eigenvalue weighted by Crippen LogP contribution is 2.45. The van der Waals surface area contributed by atoms with Gasteiger partial charge in [-0.2, -0.15) is 0 Å². The predicted octanol–water partition coefficient (Wildman–Crippen LogP) is 6.95. The average molecular weight is 563 g/mol. The molecule has 1 heterocycles. The molecule has 0 aromatic heterocycles. The fraction of sp³-hybridized carbons (Fsp3) is 0.312. The molecule has 1 N–H and O–H groups in total. The molecule has 0 saturated carbocycles. The molecule has 3 aromatic rings. The quantitative estimate of drug-likeness (QED) is 0.173. The molecule has 1 fully saturated rings. The summed E-state index contributed by atoms with van der Waals surface area (Å²) in [6.45, 7) is 10.0. The van der Waals surface area contributed by atoms with Crippen molar-refractivity contribution in [2.75, 3.05) is 37.1 Å². The Morgan fingerprint density at radius 1 is 0.950 bits per heavy atom. The third-order valence-corrected chi connectivity index (χ3v) is 7.64. The number of rotatable bonds is 9. The van der Waals surface area contributed by atoms with E-state index < -0.39 is 17.7 Å². The number of carbonyl (C=O) groups excluding carboxylic acids is 2. The zero-order chi connectivity index (χ0) is 29.1. The first-order chi connectivity index (χ1) is 19.2. The maximum atomic E-state index is 13.6. The summed E-state index contributed by atoms with van der Waals surface area (Å²) in [6, 6.07) is 17.4. The fourth-order valence-corrected chi connectivity index (χ4v) is 5.31. The topological polar surface area (TPSA) is 79.3 Å². The number of carbonyl (C=O) groups is 2. The predicted molar refractivity (Wildman–Crippen MR) is 160 cm³/mol. The first-order valence-electron chi connectivity index (χ1n) is 13.3. The van der Waals surface area contributed by atoms with E-state index in [4.69, 9.17) is 21.1 Å². The van der Waals surface area contributed by atoms with Gasteiger partial charge in [0.15, 0.2) is 0 Å². The van der Waals surface area contributed by atoms with Crippen LogP contribution in [-0.4, -0.2) is 44.1 Å². The van der Waals surface area contributed by atoms with Gasteiger partial charge in [-0.15, -0.1) is 0 Å². The Morgan fingerprint density at radius 3 is 2.08 bits per heavy atom. The highest BCUT2D eigenvalue weighted by molar-refractivity contribution is 6.51. The summed E-state index contributed by atoms with van der Waals surface area (Å²) < 4.78 is 10.8. The molecule has 0 spiro atoms. The first-order valence-corrected chi connectivity index (χ1v) is 13.7. The first kappa shape index (κ1) is 29.0. The third kappa shape index (κ3) is 5.26. The monoisotopic (exact) mass is 562 g/mol. The largest absolute Gasteiger partial charge is 0.507 e. The number of ketones is 1. The smallest absolute Gasteiger partial charge is 0.300 e. The van der Waals surface area contributed by atoms with Gasteiger partial charge in [0, 0.05) is 30.5 Å². The van der Waals surface area contributed by atoms with Crippen LogP contribution in [0.4, 0.5) is 11.4 Å². The number of benzene rings is 3. The number of amides is 1. The van der Waals surface area contributed by atoms with Crippen molar-refractivity contribution in [1.82, 2.24) is 0 Å². The van der Waals surface area contributed by atoms with Crippen LogP contribution in [0.25, 0.3) is 5.76 Å². The van der Waals surface area contributed by atoms with Crippen LogP contribution in [0.15, 0.2) is 66.2 Å². The summed E-state index contributed by atoms with van der Waals surface area (Å²) in [7, 11) is 2.89. The van der Waals surface area contributed by atoms with E-state index in [-0.39, 0.29) is 27.7 Å². The van der Waals surface area contributed by atoms with Crippen molar-refractivity contribution in [3.8, 4) is 11.5 Å². The number of nitrogens with zero attached hydrogens (tertiary/aromatic N) is 2. The number of Topliss-reactive ketones (excluding diaryl/α,β-unsaturated/α-hetero) is 1. The number of halogens is 1. The minimum Gasteiger partial charge on any atom is -0.507 e. The summed E-state index contributed by atoms with van der Waals surface area (Å²) in [6.07, 6.45) is 0. The molecule has 3 aromatic carbocycles. The van der Waals surface area contributed by atoms with E-state index in [1.165, 1.54) is 31.3 Å². The molecule has 1 amide bonds. The van der Waals surface area contributed by atoms with Crippen LogP contribution in [0.2, 0.25) is 5.02 Å². The SMILES string of the molecule is CCN(CC)c1ccc(C2/C(=C(\O)c3cc(OC)c(Cl)cc3OC)C(=O)C(=O)N2c2ccc(C(C)C)cc2)cc1. The molecule has 8 heteroatoms. The van der Waals surface area contributed by atoms with Gasteiger partial charge in [0.05, 0.1) is 36.4 Å².